The molecule has 8 heteroatoms. The molecule has 1 aromatic rings. The lowest BCUT2D eigenvalue weighted by molar-refractivity contribution is -0.125. The van der Waals surface area contributed by atoms with Crippen molar-refractivity contribution in [3.8, 4) is 0 Å². The van der Waals surface area contributed by atoms with Gasteiger partial charge in [-0.1, -0.05) is 0 Å². The molecule has 1 unspecified atom stereocenters. The van der Waals surface area contributed by atoms with E-state index >= 15 is 0 Å². The van der Waals surface area contributed by atoms with Crippen LogP contribution in [-0.4, -0.2) is 44.4 Å². The second kappa shape index (κ2) is 5.63. The second-order valence-corrected chi connectivity index (χ2v) is 6.94. The quantitative estimate of drug-likeness (QED) is 0.747. The van der Waals surface area contributed by atoms with Gasteiger partial charge in [-0.2, -0.15) is 4.31 Å². The van der Waals surface area contributed by atoms with Crippen molar-refractivity contribution in [2.75, 3.05) is 25.5 Å². The van der Waals surface area contributed by atoms with Crippen LogP contribution in [0.5, 0.6) is 0 Å². The maximum absolute atomic E-state index is 12.8. The van der Waals surface area contributed by atoms with Gasteiger partial charge in [0.15, 0.2) is 0 Å². The van der Waals surface area contributed by atoms with Crippen LogP contribution in [0.4, 0.5) is 5.69 Å². The zero-order valence-corrected chi connectivity index (χ0v) is 12.8. The number of hydrogen-bond acceptors (Lipinski definition) is 5. The zero-order chi connectivity index (χ0) is 15.8. The number of nitrogens with two attached hydrogens (primary N) is 2. The van der Waals surface area contributed by atoms with E-state index in [-0.39, 0.29) is 30.3 Å². The minimum absolute atomic E-state index is 0.00116. The van der Waals surface area contributed by atoms with E-state index in [4.69, 9.17) is 16.2 Å². The molecule has 1 amide bonds. The van der Waals surface area contributed by atoms with Crippen molar-refractivity contribution in [3.63, 3.8) is 0 Å². The maximum Gasteiger partial charge on any atom is 0.246 e. The SMILES string of the molecule is Cc1cc(N)c(S(=O)(=O)N2CCOCC2C(N)=O)cc1C. The number of amides is 1. The molecule has 2 rings (SSSR count). The average Bonchev–Trinajstić information content (AvgIpc) is 2.42. The summed E-state index contributed by atoms with van der Waals surface area (Å²) in [7, 11) is -3.90. The Labute approximate surface area is 123 Å². The van der Waals surface area contributed by atoms with Gasteiger partial charge in [-0.05, 0) is 37.1 Å². The molecular weight excluding hydrogens is 294 g/mol. The van der Waals surface area contributed by atoms with Crippen LogP contribution in [0.1, 0.15) is 11.1 Å². The van der Waals surface area contributed by atoms with Gasteiger partial charge in [-0.15, -0.1) is 0 Å². The average molecular weight is 313 g/mol. The number of hydrogen-bond donors (Lipinski definition) is 2. The van der Waals surface area contributed by atoms with Gasteiger partial charge in [-0.25, -0.2) is 8.42 Å². The number of nitrogens with zero attached hydrogens (tertiary/aromatic N) is 1. The molecule has 1 heterocycles. The van der Waals surface area contributed by atoms with Gasteiger partial charge < -0.3 is 16.2 Å². The predicted octanol–water partition coefficient (Wildman–Crippen LogP) is -0.240. The highest BCUT2D eigenvalue weighted by atomic mass is 32.2. The van der Waals surface area contributed by atoms with Gasteiger partial charge in [0.1, 0.15) is 10.9 Å². The van der Waals surface area contributed by atoms with Crippen LogP contribution in [0.3, 0.4) is 0 Å². The van der Waals surface area contributed by atoms with Crippen molar-refractivity contribution in [1.82, 2.24) is 4.31 Å². The van der Waals surface area contributed by atoms with Crippen molar-refractivity contribution < 1.29 is 17.9 Å². The number of anilines is 1. The molecule has 0 aliphatic carbocycles. The lowest BCUT2D eigenvalue weighted by atomic mass is 10.1. The molecule has 1 aromatic carbocycles. The molecule has 1 fully saturated rings. The fourth-order valence-corrected chi connectivity index (χ4v) is 4.01. The molecule has 1 saturated heterocycles. The summed E-state index contributed by atoms with van der Waals surface area (Å²) >= 11 is 0. The van der Waals surface area contributed by atoms with Crippen molar-refractivity contribution >= 4 is 21.6 Å². The molecule has 116 valence electrons. The Morgan fingerprint density at radius 3 is 2.57 bits per heavy atom. The molecule has 1 aliphatic heterocycles. The fourth-order valence-electron chi connectivity index (χ4n) is 2.26. The maximum atomic E-state index is 12.8. The van der Waals surface area contributed by atoms with E-state index in [0.29, 0.717) is 0 Å². The summed E-state index contributed by atoms with van der Waals surface area (Å²) in [6.45, 7) is 3.90. The first-order valence-electron chi connectivity index (χ1n) is 6.50. The van der Waals surface area contributed by atoms with E-state index < -0.39 is 22.0 Å². The van der Waals surface area contributed by atoms with Crippen LogP contribution in [-0.2, 0) is 19.6 Å². The van der Waals surface area contributed by atoms with Crippen molar-refractivity contribution in [1.29, 1.82) is 0 Å². The van der Waals surface area contributed by atoms with Crippen LogP contribution < -0.4 is 11.5 Å². The molecule has 4 N–H and O–H groups in total. The third-order valence-electron chi connectivity index (χ3n) is 3.62. The van der Waals surface area contributed by atoms with Crippen molar-refractivity contribution in [2.45, 2.75) is 24.8 Å². The first-order valence-corrected chi connectivity index (χ1v) is 7.94. The smallest absolute Gasteiger partial charge is 0.246 e. The third-order valence-corrected chi connectivity index (χ3v) is 5.58. The van der Waals surface area contributed by atoms with E-state index in [2.05, 4.69) is 0 Å². The number of carbonyl (C=O) groups excluding carboxylic acids is 1. The molecule has 7 nitrogen and oxygen atoms in total. The first-order chi connectivity index (χ1) is 9.75. The Hall–Kier alpha value is -1.64. The minimum Gasteiger partial charge on any atom is -0.398 e. The number of rotatable bonds is 3. The molecule has 0 radical (unpaired) electrons. The molecular formula is C13H19N3O4S. The summed E-state index contributed by atoms with van der Waals surface area (Å²) in [5.41, 5.74) is 13.0. The monoisotopic (exact) mass is 313 g/mol. The summed E-state index contributed by atoms with van der Waals surface area (Å²) in [6, 6.07) is 2.12. The molecule has 21 heavy (non-hydrogen) atoms. The minimum atomic E-state index is -3.90. The van der Waals surface area contributed by atoms with E-state index in [1.54, 1.807) is 13.0 Å². The highest BCUT2D eigenvalue weighted by Crippen LogP contribution is 2.27. The zero-order valence-electron chi connectivity index (χ0n) is 12.0. The number of primary amides is 1. The van der Waals surface area contributed by atoms with E-state index in [0.717, 1.165) is 15.4 Å². The molecule has 0 aromatic heterocycles. The van der Waals surface area contributed by atoms with E-state index in [1.807, 2.05) is 6.92 Å². The number of benzene rings is 1. The van der Waals surface area contributed by atoms with Gasteiger partial charge >= 0.3 is 0 Å². The summed E-state index contributed by atoms with van der Waals surface area (Å²) in [4.78, 5) is 11.5. The number of nitrogen functional groups attached to an aromatic ring is 1. The first kappa shape index (κ1) is 15.7. The Morgan fingerprint density at radius 1 is 1.33 bits per heavy atom. The Morgan fingerprint density at radius 2 is 1.95 bits per heavy atom. The molecule has 1 atom stereocenters. The van der Waals surface area contributed by atoms with E-state index in [9.17, 15) is 13.2 Å². The number of aryl methyl sites for hydroxylation is 2. The van der Waals surface area contributed by atoms with Crippen LogP contribution in [0, 0.1) is 13.8 Å². The molecule has 1 aliphatic rings. The summed E-state index contributed by atoms with van der Waals surface area (Å²) < 4.78 is 31.7. The van der Waals surface area contributed by atoms with Crippen molar-refractivity contribution in [2.24, 2.45) is 5.73 Å². The largest absolute Gasteiger partial charge is 0.398 e. The number of carbonyl (C=O) groups is 1. The Balaban J connectivity index is 2.50. The van der Waals surface area contributed by atoms with Gasteiger partial charge in [-0.3, -0.25) is 4.79 Å². The van der Waals surface area contributed by atoms with Gasteiger partial charge in [0.05, 0.1) is 18.9 Å². The standard InChI is InChI=1S/C13H19N3O4S/c1-8-5-10(14)12(6-9(8)2)21(18,19)16-3-4-20-7-11(16)13(15)17/h5-6,11H,3-4,7,14H2,1-2H3,(H2,15,17). The van der Waals surface area contributed by atoms with Crippen LogP contribution in [0.25, 0.3) is 0 Å². The third kappa shape index (κ3) is 2.87. The van der Waals surface area contributed by atoms with Gasteiger partial charge in [0.25, 0.3) is 0 Å². The number of sulfonamides is 1. The molecule has 0 bridgehead atoms. The highest BCUT2D eigenvalue weighted by Gasteiger charge is 2.38. The van der Waals surface area contributed by atoms with E-state index in [1.165, 1.54) is 6.07 Å². The molecule has 0 spiro atoms. The van der Waals surface area contributed by atoms with Crippen LogP contribution in [0.2, 0.25) is 0 Å². The lowest BCUT2D eigenvalue weighted by Gasteiger charge is -2.32. The van der Waals surface area contributed by atoms with Gasteiger partial charge in [0, 0.05) is 6.54 Å². The van der Waals surface area contributed by atoms with Crippen molar-refractivity contribution in [3.05, 3.63) is 23.3 Å². The summed E-state index contributed by atoms with van der Waals surface area (Å²) in [5, 5.41) is 0. The normalized spacial score (nSPS) is 20.4. The Bertz CT molecular complexity index is 672. The van der Waals surface area contributed by atoms with Gasteiger partial charge in [0.2, 0.25) is 15.9 Å². The summed E-state index contributed by atoms with van der Waals surface area (Å²) in [6.07, 6.45) is 0. The lowest BCUT2D eigenvalue weighted by Crippen LogP contribution is -2.54. The molecule has 0 saturated carbocycles. The fraction of sp³-hybridized carbons (Fsp3) is 0.462. The second-order valence-electron chi connectivity index (χ2n) is 5.08. The summed E-state index contributed by atoms with van der Waals surface area (Å²) in [5.74, 6) is -0.735. The Kier molecular flexibility index (Phi) is 4.22. The predicted molar refractivity (Wildman–Crippen MR) is 78.0 cm³/mol. The van der Waals surface area contributed by atoms with Crippen LogP contribution >= 0.6 is 0 Å². The topological polar surface area (TPSA) is 116 Å². The van der Waals surface area contributed by atoms with Crippen LogP contribution in [0.15, 0.2) is 17.0 Å². The number of ether oxygens (including phenoxy) is 1. The number of morpholine rings is 1. The highest BCUT2D eigenvalue weighted by molar-refractivity contribution is 7.89.